The summed E-state index contributed by atoms with van der Waals surface area (Å²) >= 11 is 0. The normalized spacial score (nSPS) is 19.3. The van der Waals surface area contributed by atoms with Gasteiger partial charge < -0.3 is 14.7 Å². The van der Waals surface area contributed by atoms with Gasteiger partial charge in [0.05, 0.1) is 6.42 Å². The van der Waals surface area contributed by atoms with Crippen molar-refractivity contribution in [2.24, 2.45) is 5.92 Å². The van der Waals surface area contributed by atoms with E-state index in [0.717, 1.165) is 32.0 Å². The SMILES string of the molecule is COCCC1CCN(CCC(=O)O)CC1. The van der Waals surface area contributed by atoms with Crippen LogP contribution in [-0.2, 0) is 9.53 Å². The second kappa shape index (κ2) is 6.80. The number of carbonyl (C=O) groups is 1. The molecular formula is C11H21NO3. The quantitative estimate of drug-likeness (QED) is 0.723. The lowest BCUT2D eigenvalue weighted by molar-refractivity contribution is -0.137. The van der Waals surface area contributed by atoms with Gasteiger partial charge in [-0.05, 0) is 38.3 Å². The van der Waals surface area contributed by atoms with Crippen molar-refractivity contribution in [1.29, 1.82) is 0 Å². The molecule has 0 bridgehead atoms. The fraction of sp³-hybridized carbons (Fsp3) is 0.909. The molecule has 0 aliphatic carbocycles. The Hall–Kier alpha value is -0.610. The molecule has 0 saturated carbocycles. The first-order chi connectivity index (χ1) is 7.22. The molecule has 0 atom stereocenters. The van der Waals surface area contributed by atoms with Gasteiger partial charge in [-0.15, -0.1) is 0 Å². The zero-order chi connectivity index (χ0) is 11.1. The zero-order valence-electron chi connectivity index (χ0n) is 9.45. The molecule has 1 aliphatic heterocycles. The van der Waals surface area contributed by atoms with Gasteiger partial charge in [-0.25, -0.2) is 0 Å². The Balaban J connectivity index is 2.09. The van der Waals surface area contributed by atoms with Crippen LogP contribution in [0.1, 0.15) is 25.7 Å². The molecule has 1 heterocycles. The van der Waals surface area contributed by atoms with Gasteiger partial charge in [0, 0.05) is 20.3 Å². The summed E-state index contributed by atoms with van der Waals surface area (Å²) in [6.07, 6.45) is 3.78. The Morgan fingerprint density at radius 3 is 2.67 bits per heavy atom. The molecule has 0 amide bonds. The molecule has 1 aliphatic rings. The molecule has 1 rings (SSSR count). The highest BCUT2D eigenvalue weighted by molar-refractivity contribution is 5.66. The minimum Gasteiger partial charge on any atom is -0.481 e. The molecule has 88 valence electrons. The van der Waals surface area contributed by atoms with E-state index in [9.17, 15) is 4.79 Å². The average molecular weight is 215 g/mol. The van der Waals surface area contributed by atoms with Crippen molar-refractivity contribution < 1.29 is 14.6 Å². The number of piperidine rings is 1. The minimum atomic E-state index is -0.698. The molecule has 0 aromatic carbocycles. The number of hydrogen-bond donors (Lipinski definition) is 1. The van der Waals surface area contributed by atoms with Gasteiger partial charge in [-0.1, -0.05) is 0 Å². The van der Waals surface area contributed by atoms with E-state index in [1.165, 1.54) is 12.8 Å². The Bertz CT molecular complexity index is 188. The third-order valence-corrected chi connectivity index (χ3v) is 3.08. The first kappa shape index (κ1) is 12.5. The van der Waals surface area contributed by atoms with E-state index in [1.54, 1.807) is 7.11 Å². The summed E-state index contributed by atoms with van der Waals surface area (Å²) in [6.45, 7) is 3.63. The van der Waals surface area contributed by atoms with Gasteiger partial charge in [0.25, 0.3) is 0 Å². The van der Waals surface area contributed by atoms with Crippen molar-refractivity contribution in [1.82, 2.24) is 4.90 Å². The number of ether oxygens (including phenoxy) is 1. The molecule has 4 heteroatoms. The smallest absolute Gasteiger partial charge is 0.304 e. The second-order valence-electron chi connectivity index (χ2n) is 4.21. The number of hydrogen-bond acceptors (Lipinski definition) is 3. The molecule has 1 saturated heterocycles. The average Bonchev–Trinajstić information content (AvgIpc) is 2.25. The third kappa shape index (κ3) is 5.14. The molecule has 1 N–H and O–H groups in total. The van der Waals surface area contributed by atoms with Crippen molar-refractivity contribution in [2.45, 2.75) is 25.7 Å². The van der Waals surface area contributed by atoms with E-state index in [1.807, 2.05) is 0 Å². The Morgan fingerprint density at radius 2 is 2.13 bits per heavy atom. The number of carboxylic acid groups (broad SMARTS) is 1. The first-order valence-corrected chi connectivity index (χ1v) is 5.65. The van der Waals surface area contributed by atoms with Crippen LogP contribution in [-0.4, -0.2) is 49.3 Å². The van der Waals surface area contributed by atoms with Crippen molar-refractivity contribution in [2.75, 3.05) is 33.4 Å². The minimum absolute atomic E-state index is 0.267. The highest BCUT2D eigenvalue weighted by atomic mass is 16.5. The van der Waals surface area contributed by atoms with Crippen LogP contribution in [0.3, 0.4) is 0 Å². The molecule has 0 unspecified atom stereocenters. The second-order valence-corrected chi connectivity index (χ2v) is 4.21. The van der Waals surface area contributed by atoms with Crippen molar-refractivity contribution >= 4 is 5.97 Å². The predicted octanol–water partition coefficient (Wildman–Crippen LogP) is 1.21. The van der Waals surface area contributed by atoms with Gasteiger partial charge in [0.2, 0.25) is 0 Å². The van der Waals surface area contributed by atoms with Gasteiger partial charge >= 0.3 is 5.97 Å². The predicted molar refractivity (Wildman–Crippen MR) is 57.9 cm³/mol. The fourth-order valence-corrected chi connectivity index (χ4v) is 2.04. The highest BCUT2D eigenvalue weighted by Crippen LogP contribution is 2.20. The van der Waals surface area contributed by atoms with Crippen LogP contribution in [0.25, 0.3) is 0 Å². The maximum atomic E-state index is 10.4. The van der Waals surface area contributed by atoms with Crippen LogP contribution < -0.4 is 0 Å². The molecule has 0 spiro atoms. The van der Waals surface area contributed by atoms with E-state index >= 15 is 0 Å². The Labute approximate surface area is 91.2 Å². The highest BCUT2D eigenvalue weighted by Gasteiger charge is 2.18. The molecule has 15 heavy (non-hydrogen) atoms. The molecule has 0 radical (unpaired) electrons. The molecule has 0 aromatic rings. The van der Waals surface area contributed by atoms with Crippen LogP contribution in [0.4, 0.5) is 0 Å². The van der Waals surface area contributed by atoms with E-state index in [4.69, 9.17) is 9.84 Å². The third-order valence-electron chi connectivity index (χ3n) is 3.08. The first-order valence-electron chi connectivity index (χ1n) is 5.65. The van der Waals surface area contributed by atoms with Crippen LogP contribution in [0.2, 0.25) is 0 Å². The maximum absolute atomic E-state index is 10.4. The summed E-state index contributed by atoms with van der Waals surface area (Å²) in [5.41, 5.74) is 0. The number of methoxy groups -OCH3 is 1. The zero-order valence-corrected chi connectivity index (χ0v) is 9.45. The summed E-state index contributed by atoms with van der Waals surface area (Å²) in [5, 5.41) is 8.57. The summed E-state index contributed by atoms with van der Waals surface area (Å²) in [7, 11) is 1.74. The topological polar surface area (TPSA) is 49.8 Å². The fourth-order valence-electron chi connectivity index (χ4n) is 2.04. The molecule has 4 nitrogen and oxygen atoms in total. The van der Waals surface area contributed by atoms with Crippen LogP contribution >= 0.6 is 0 Å². The van der Waals surface area contributed by atoms with E-state index in [0.29, 0.717) is 6.54 Å². The Morgan fingerprint density at radius 1 is 1.47 bits per heavy atom. The number of carboxylic acids is 1. The van der Waals surface area contributed by atoms with E-state index in [2.05, 4.69) is 4.90 Å². The summed E-state index contributed by atoms with van der Waals surface area (Å²) in [5.74, 6) is 0.0718. The van der Waals surface area contributed by atoms with Gasteiger partial charge in [-0.3, -0.25) is 4.79 Å². The van der Waals surface area contributed by atoms with Crippen LogP contribution in [0.5, 0.6) is 0 Å². The van der Waals surface area contributed by atoms with Crippen molar-refractivity contribution in [3.63, 3.8) is 0 Å². The standard InChI is InChI=1S/C11H21NO3/c1-15-9-5-10-2-6-12(7-3-10)8-4-11(13)14/h10H,2-9H2,1H3,(H,13,14). The van der Waals surface area contributed by atoms with Crippen molar-refractivity contribution in [3.05, 3.63) is 0 Å². The summed E-state index contributed by atoms with van der Waals surface area (Å²) in [4.78, 5) is 12.7. The maximum Gasteiger partial charge on any atom is 0.304 e. The summed E-state index contributed by atoms with van der Waals surface area (Å²) in [6, 6.07) is 0. The van der Waals surface area contributed by atoms with Crippen LogP contribution in [0, 0.1) is 5.92 Å². The summed E-state index contributed by atoms with van der Waals surface area (Å²) < 4.78 is 5.06. The molecule has 0 aromatic heterocycles. The Kier molecular flexibility index (Phi) is 5.65. The van der Waals surface area contributed by atoms with Crippen molar-refractivity contribution in [3.8, 4) is 0 Å². The van der Waals surface area contributed by atoms with E-state index in [-0.39, 0.29) is 6.42 Å². The number of aliphatic carboxylic acids is 1. The number of likely N-dealkylation sites (tertiary alicyclic amines) is 1. The lowest BCUT2D eigenvalue weighted by Gasteiger charge is -2.31. The van der Waals surface area contributed by atoms with Gasteiger partial charge in [-0.2, -0.15) is 0 Å². The number of nitrogens with zero attached hydrogens (tertiary/aromatic N) is 1. The lowest BCUT2D eigenvalue weighted by atomic mass is 9.94. The van der Waals surface area contributed by atoms with Gasteiger partial charge in [0.1, 0.15) is 0 Å². The monoisotopic (exact) mass is 215 g/mol. The largest absolute Gasteiger partial charge is 0.481 e. The van der Waals surface area contributed by atoms with E-state index < -0.39 is 5.97 Å². The van der Waals surface area contributed by atoms with Gasteiger partial charge in [0.15, 0.2) is 0 Å². The lowest BCUT2D eigenvalue weighted by Crippen LogP contribution is -2.35. The number of rotatable bonds is 6. The molecular weight excluding hydrogens is 194 g/mol. The van der Waals surface area contributed by atoms with Crippen LogP contribution in [0.15, 0.2) is 0 Å². The molecule has 1 fully saturated rings.